The maximum Gasteiger partial charge on any atom is 0.348 e. The van der Waals surface area contributed by atoms with Gasteiger partial charge in [-0.15, -0.1) is 23.1 Å². The Bertz CT molecular complexity index is 1120. The number of hydrogen-bond donors (Lipinski definition) is 2. The van der Waals surface area contributed by atoms with Crippen LogP contribution in [-0.2, 0) is 9.53 Å². The molecule has 1 aromatic heterocycles. The maximum absolute atomic E-state index is 13.0. The summed E-state index contributed by atoms with van der Waals surface area (Å²) >= 11 is 8.26. The van der Waals surface area contributed by atoms with Crippen LogP contribution in [0, 0.1) is 6.92 Å². The average Bonchev–Trinajstić information content (AvgIpc) is 3.10. The first-order valence-corrected chi connectivity index (χ1v) is 11.9. The van der Waals surface area contributed by atoms with Gasteiger partial charge in [-0.05, 0) is 55.8 Å². The molecule has 0 unspecified atom stereocenters. The van der Waals surface area contributed by atoms with E-state index in [1.807, 2.05) is 18.2 Å². The fourth-order valence-electron chi connectivity index (χ4n) is 2.82. The first kappa shape index (κ1) is 23.8. The highest BCUT2D eigenvalue weighted by molar-refractivity contribution is 8.00. The van der Waals surface area contributed by atoms with Crippen LogP contribution in [0.25, 0.3) is 0 Å². The monoisotopic (exact) mass is 488 g/mol. The van der Waals surface area contributed by atoms with E-state index in [2.05, 4.69) is 10.6 Å². The number of amides is 2. The predicted molar refractivity (Wildman–Crippen MR) is 130 cm³/mol. The molecular formula is C23H21ClN2O4S2. The number of hydrogen-bond acceptors (Lipinski definition) is 6. The van der Waals surface area contributed by atoms with Crippen LogP contribution in [0.5, 0.6) is 0 Å². The first-order chi connectivity index (χ1) is 15.4. The van der Waals surface area contributed by atoms with E-state index in [1.165, 1.54) is 11.8 Å². The minimum atomic E-state index is -0.528. The van der Waals surface area contributed by atoms with Crippen molar-refractivity contribution < 1.29 is 19.1 Å². The van der Waals surface area contributed by atoms with E-state index in [1.54, 1.807) is 50.2 Å². The number of rotatable bonds is 8. The lowest BCUT2D eigenvalue weighted by Gasteiger charge is -2.09. The molecule has 6 nitrogen and oxygen atoms in total. The highest BCUT2D eigenvalue weighted by Crippen LogP contribution is 2.34. The van der Waals surface area contributed by atoms with Crippen LogP contribution in [0.15, 0.2) is 59.5 Å². The van der Waals surface area contributed by atoms with Gasteiger partial charge in [0.1, 0.15) is 9.88 Å². The third kappa shape index (κ3) is 6.12. The van der Waals surface area contributed by atoms with Gasteiger partial charge in [0.25, 0.3) is 5.91 Å². The molecule has 32 heavy (non-hydrogen) atoms. The fourth-order valence-corrected chi connectivity index (χ4v) is 4.76. The fraction of sp³-hybridized carbons (Fsp3) is 0.174. The largest absolute Gasteiger partial charge is 0.462 e. The van der Waals surface area contributed by atoms with Crippen LogP contribution in [0.1, 0.15) is 32.5 Å². The lowest BCUT2D eigenvalue weighted by molar-refractivity contribution is -0.113. The Morgan fingerprint density at radius 1 is 1.03 bits per heavy atom. The van der Waals surface area contributed by atoms with Crippen LogP contribution in [0.2, 0.25) is 5.02 Å². The van der Waals surface area contributed by atoms with Gasteiger partial charge in [-0.25, -0.2) is 4.79 Å². The van der Waals surface area contributed by atoms with Gasteiger partial charge in [0.05, 0.1) is 17.9 Å². The Morgan fingerprint density at radius 3 is 2.38 bits per heavy atom. The third-order valence-corrected chi connectivity index (χ3v) is 6.75. The standard InChI is InChI=1S/C23H21ClN2O4S2/c1-3-30-23(29)20-14(2)19(21(28)25-16-7-5-4-6-8-16)22(32-20)26-18(27)13-31-17-11-9-15(24)10-12-17/h4-12H,3,13H2,1-2H3,(H,25,28)(H,26,27). The number of carbonyl (C=O) groups is 3. The number of halogens is 1. The Morgan fingerprint density at radius 2 is 1.72 bits per heavy atom. The van der Waals surface area contributed by atoms with Crippen molar-refractivity contribution in [2.45, 2.75) is 18.7 Å². The van der Waals surface area contributed by atoms with E-state index in [0.717, 1.165) is 16.2 Å². The number of benzene rings is 2. The zero-order valence-corrected chi connectivity index (χ0v) is 19.8. The van der Waals surface area contributed by atoms with Crippen molar-refractivity contribution >= 4 is 63.2 Å². The summed E-state index contributed by atoms with van der Waals surface area (Å²) in [4.78, 5) is 39.2. The predicted octanol–water partition coefficient (Wildman–Crippen LogP) is 5.87. The summed E-state index contributed by atoms with van der Waals surface area (Å²) in [7, 11) is 0. The van der Waals surface area contributed by atoms with Crippen molar-refractivity contribution in [2.24, 2.45) is 0 Å². The molecule has 9 heteroatoms. The van der Waals surface area contributed by atoms with E-state index >= 15 is 0 Å². The van der Waals surface area contributed by atoms with Gasteiger partial charge >= 0.3 is 5.97 Å². The molecule has 0 radical (unpaired) electrons. The Hall–Kier alpha value is -2.81. The molecule has 0 aliphatic heterocycles. The smallest absolute Gasteiger partial charge is 0.348 e. The van der Waals surface area contributed by atoms with E-state index in [9.17, 15) is 14.4 Å². The SMILES string of the molecule is CCOC(=O)c1sc(NC(=O)CSc2ccc(Cl)cc2)c(C(=O)Nc2ccccc2)c1C. The van der Waals surface area contributed by atoms with Gasteiger partial charge in [-0.3, -0.25) is 9.59 Å². The highest BCUT2D eigenvalue weighted by atomic mass is 35.5. The van der Waals surface area contributed by atoms with Crippen molar-refractivity contribution in [3.8, 4) is 0 Å². The van der Waals surface area contributed by atoms with Crippen molar-refractivity contribution in [3.05, 3.63) is 75.6 Å². The number of para-hydroxylation sites is 1. The van der Waals surface area contributed by atoms with E-state index in [0.29, 0.717) is 21.3 Å². The normalized spacial score (nSPS) is 10.5. The molecule has 0 spiro atoms. The van der Waals surface area contributed by atoms with Gasteiger partial charge in [0.2, 0.25) is 5.91 Å². The number of carbonyl (C=O) groups excluding carboxylic acids is 3. The van der Waals surface area contributed by atoms with Crippen molar-refractivity contribution in [2.75, 3.05) is 23.0 Å². The second-order valence-corrected chi connectivity index (χ2v) is 9.10. The maximum atomic E-state index is 13.0. The number of nitrogens with one attached hydrogen (secondary N) is 2. The average molecular weight is 489 g/mol. The molecule has 2 aromatic carbocycles. The van der Waals surface area contributed by atoms with E-state index in [4.69, 9.17) is 16.3 Å². The Kier molecular flexibility index (Phi) is 8.33. The second kappa shape index (κ2) is 11.2. The van der Waals surface area contributed by atoms with Crippen LogP contribution in [-0.4, -0.2) is 30.1 Å². The number of ether oxygens (including phenoxy) is 1. The van der Waals surface area contributed by atoms with Crippen molar-refractivity contribution in [1.29, 1.82) is 0 Å². The van der Waals surface area contributed by atoms with Gasteiger partial charge in [0, 0.05) is 15.6 Å². The Balaban J connectivity index is 1.81. The van der Waals surface area contributed by atoms with Crippen LogP contribution < -0.4 is 10.6 Å². The molecule has 166 valence electrons. The molecule has 3 rings (SSSR count). The molecule has 0 aliphatic carbocycles. The molecule has 2 N–H and O–H groups in total. The Labute approximate surface area is 199 Å². The molecule has 0 fully saturated rings. The van der Waals surface area contributed by atoms with Gasteiger partial charge in [-0.2, -0.15) is 0 Å². The lowest BCUT2D eigenvalue weighted by atomic mass is 10.1. The van der Waals surface area contributed by atoms with Gasteiger partial charge < -0.3 is 15.4 Å². The quantitative estimate of drug-likeness (QED) is 0.306. The molecule has 0 bridgehead atoms. The third-order valence-electron chi connectivity index (χ3n) is 4.30. The van der Waals surface area contributed by atoms with E-state index < -0.39 is 11.9 Å². The van der Waals surface area contributed by atoms with E-state index in [-0.39, 0.29) is 28.7 Å². The number of anilines is 2. The van der Waals surface area contributed by atoms with Crippen molar-refractivity contribution in [1.82, 2.24) is 0 Å². The van der Waals surface area contributed by atoms with Crippen LogP contribution in [0.3, 0.4) is 0 Å². The molecule has 0 aliphatic rings. The van der Waals surface area contributed by atoms with Gasteiger partial charge in [-0.1, -0.05) is 29.8 Å². The summed E-state index contributed by atoms with van der Waals surface area (Å²) in [5.74, 6) is -1.11. The van der Waals surface area contributed by atoms with Gasteiger partial charge in [0.15, 0.2) is 0 Å². The minimum Gasteiger partial charge on any atom is -0.462 e. The second-order valence-electron chi connectivity index (χ2n) is 6.59. The molecular weight excluding hydrogens is 468 g/mol. The molecule has 0 saturated carbocycles. The molecule has 0 saturated heterocycles. The van der Waals surface area contributed by atoms with Crippen LogP contribution >= 0.6 is 34.7 Å². The molecule has 0 atom stereocenters. The number of esters is 1. The molecule has 3 aromatic rings. The minimum absolute atomic E-state index is 0.132. The number of thiophene rings is 1. The topological polar surface area (TPSA) is 84.5 Å². The summed E-state index contributed by atoms with van der Waals surface area (Å²) in [6.45, 7) is 3.59. The summed E-state index contributed by atoms with van der Waals surface area (Å²) < 4.78 is 5.11. The number of thioether (sulfide) groups is 1. The molecule has 2 amide bonds. The van der Waals surface area contributed by atoms with Crippen molar-refractivity contribution in [3.63, 3.8) is 0 Å². The summed E-state index contributed by atoms with van der Waals surface area (Å²) in [6.07, 6.45) is 0. The zero-order valence-electron chi connectivity index (χ0n) is 17.4. The van der Waals surface area contributed by atoms with Crippen LogP contribution in [0.4, 0.5) is 10.7 Å². The lowest BCUT2D eigenvalue weighted by Crippen LogP contribution is -2.18. The first-order valence-electron chi connectivity index (χ1n) is 9.74. The zero-order chi connectivity index (χ0) is 23.1. The highest BCUT2D eigenvalue weighted by Gasteiger charge is 2.26. The summed E-state index contributed by atoms with van der Waals surface area (Å²) in [6, 6.07) is 16.1. The summed E-state index contributed by atoms with van der Waals surface area (Å²) in [5, 5.41) is 6.51. The summed E-state index contributed by atoms with van der Waals surface area (Å²) in [5.41, 5.74) is 1.31. The molecule has 1 heterocycles.